The van der Waals surface area contributed by atoms with E-state index < -0.39 is 5.97 Å². The maximum atomic E-state index is 11.3. The van der Waals surface area contributed by atoms with Crippen LogP contribution in [0.4, 0.5) is 0 Å². The van der Waals surface area contributed by atoms with Gasteiger partial charge in [-0.15, -0.1) is 0 Å². The summed E-state index contributed by atoms with van der Waals surface area (Å²) < 4.78 is 0. The summed E-state index contributed by atoms with van der Waals surface area (Å²) in [4.78, 5) is 11.3. The van der Waals surface area contributed by atoms with E-state index in [1.54, 1.807) is 6.07 Å². The highest BCUT2D eigenvalue weighted by Crippen LogP contribution is 2.33. The Kier molecular flexibility index (Phi) is 2.63. The average molecular weight is 238 g/mol. The molecule has 0 fully saturated rings. The van der Waals surface area contributed by atoms with Gasteiger partial charge in [0, 0.05) is 0 Å². The minimum absolute atomic E-state index is 0.448. The zero-order valence-electron chi connectivity index (χ0n) is 10.0. The highest BCUT2D eigenvalue weighted by molar-refractivity contribution is 5.92. The summed E-state index contributed by atoms with van der Waals surface area (Å²) in [5.41, 5.74) is 5.02. The van der Waals surface area contributed by atoms with Crippen molar-refractivity contribution in [2.45, 2.75) is 19.3 Å². The number of rotatable bonds is 1. The van der Waals surface area contributed by atoms with Gasteiger partial charge in [-0.3, -0.25) is 0 Å². The van der Waals surface area contributed by atoms with Crippen LogP contribution in [0.5, 0.6) is 0 Å². The number of carboxylic acids is 1. The number of fused-ring (bicyclic) bond motifs is 3. The van der Waals surface area contributed by atoms with Crippen LogP contribution in [0.2, 0.25) is 0 Å². The molecule has 0 saturated heterocycles. The van der Waals surface area contributed by atoms with Gasteiger partial charge in [0.05, 0.1) is 5.56 Å². The van der Waals surface area contributed by atoms with Crippen molar-refractivity contribution in [2.24, 2.45) is 0 Å². The van der Waals surface area contributed by atoms with E-state index >= 15 is 0 Å². The third kappa shape index (κ3) is 1.70. The molecule has 0 atom stereocenters. The molecule has 2 aromatic carbocycles. The average Bonchev–Trinajstić information content (AvgIpc) is 2.57. The van der Waals surface area contributed by atoms with E-state index in [0.29, 0.717) is 5.56 Å². The standard InChI is InChI=1S/C16H14O2/c17-16(18)15-10-4-9-13-12-7-2-1-5-11(12)6-3-8-14(13)15/h1-2,4-5,7,9-10H,3,6,8H2,(H,17,18). The molecule has 0 radical (unpaired) electrons. The lowest BCUT2D eigenvalue weighted by Gasteiger charge is -2.11. The largest absolute Gasteiger partial charge is 0.478 e. The molecule has 0 amide bonds. The quantitative estimate of drug-likeness (QED) is 0.825. The second-order valence-corrected chi connectivity index (χ2v) is 4.65. The molecule has 2 nitrogen and oxygen atoms in total. The number of hydrogen-bond acceptors (Lipinski definition) is 1. The molecule has 18 heavy (non-hydrogen) atoms. The van der Waals surface area contributed by atoms with Crippen LogP contribution in [0.25, 0.3) is 11.1 Å². The van der Waals surface area contributed by atoms with Crippen molar-refractivity contribution in [3.05, 3.63) is 59.2 Å². The Morgan fingerprint density at radius 1 is 0.944 bits per heavy atom. The molecule has 2 heteroatoms. The van der Waals surface area contributed by atoms with Crippen molar-refractivity contribution < 1.29 is 9.90 Å². The first-order valence-electron chi connectivity index (χ1n) is 6.21. The summed E-state index contributed by atoms with van der Waals surface area (Å²) in [7, 11) is 0. The van der Waals surface area contributed by atoms with Gasteiger partial charge in [-0.1, -0.05) is 36.4 Å². The fourth-order valence-electron chi connectivity index (χ4n) is 2.77. The minimum atomic E-state index is -0.828. The molecule has 1 aliphatic carbocycles. The van der Waals surface area contributed by atoms with Crippen LogP contribution in [0.3, 0.4) is 0 Å². The second-order valence-electron chi connectivity index (χ2n) is 4.65. The van der Waals surface area contributed by atoms with Gasteiger partial charge in [0.15, 0.2) is 0 Å². The lowest BCUT2D eigenvalue weighted by molar-refractivity contribution is 0.0695. The molecule has 0 heterocycles. The molecule has 90 valence electrons. The van der Waals surface area contributed by atoms with Gasteiger partial charge in [-0.2, -0.15) is 0 Å². The summed E-state index contributed by atoms with van der Waals surface area (Å²) in [5.74, 6) is -0.828. The summed E-state index contributed by atoms with van der Waals surface area (Å²) in [6.07, 6.45) is 2.87. The van der Waals surface area contributed by atoms with Crippen LogP contribution in [-0.4, -0.2) is 11.1 Å². The van der Waals surface area contributed by atoms with Gasteiger partial charge in [-0.25, -0.2) is 4.79 Å². The number of carboxylic acid groups (broad SMARTS) is 1. The van der Waals surface area contributed by atoms with Crippen molar-refractivity contribution in [3.8, 4) is 11.1 Å². The lowest BCUT2D eigenvalue weighted by Crippen LogP contribution is -2.03. The van der Waals surface area contributed by atoms with Crippen LogP contribution in [-0.2, 0) is 12.8 Å². The maximum Gasteiger partial charge on any atom is 0.335 e. The minimum Gasteiger partial charge on any atom is -0.478 e. The summed E-state index contributed by atoms with van der Waals surface area (Å²) in [6, 6.07) is 13.9. The van der Waals surface area contributed by atoms with E-state index in [9.17, 15) is 9.90 Å². The zero-order valence-corrected chi connectivity index (χ0v) is 10.0. The van der Waals surface area contributed by atoms with E-state index in [-0.39, 0.29) is 0 Å². The van der Waals surface area contributed by atoms with E-state index in [0.717, 1.165) is 30.4 Å². The zero-order chi connectivity index (χ0) is 12.5. The first-order valence-corrected chi connectivity index (χ1v) is 6.21. The first-order chi connectivity index (χ1) is 8.77. The number of hydrogen-bond donors (Lipinski definition) is 1. The van der Waals surface area contributed by atoms with Gasteiger partial charge in [0.25, 0.3) is 0 Å². The Morgan fingerprint density at radius 2 is 1.72 bits per heavy atom. The van der Waals surface area contributed by atoms with Gasteiger partial charge in [0.1, 0.15) is 0 Å². The van der Waals surface area contributed by atoms with Crippen molar-refractivity contribution in [1.82, 2.24) is 0 Å². The first kappa shape index (κ1) is 11.0. The number of aryl methyl sites for hydroxylation is 1. The van der Waals surface area contributed by atoms with Crippen molar-refractivity contribution in [2.75, 3.05) is 0 Å². The topological polar surface area (TPSA) is 37.3 Å². The van der Waals surface area contributed by atoms with E-state index in [1.807, 2.05) is 24.3 Å². The molecule has 1 aliphatic rings. The lowest BCUT2D eigenvalue weighted by atomic mass is 9.93. The Hall–Kier alpha value is -2.09. The van der Waals surface area contributed by atoms with Gasteiger partial charge >= 0.3 is 5.97 Å². The number of benzene rings is 2. The van der Waals surface area contributed by atoms with Gasteiger partial charge in [-0.05, 0) is 47.6 Å². The van der Waals surface area contributed by atoms with Crippen molar-refractivity contribution in [1.29, 1.82) is 0 Å². The van der Waals surface area contributed by atoms with E-state index in [2.05, 4.69) is 12.1 Å². The second kappa shape index (κ2) is 4.30. The van der Waals surface area contributed by atoms with Gasteiger partial charge < -0.3 is 5.11 Å². The van der Waals surface area contributed by atoms with Gasteiger partial charge in [0.2, 0.25) is 0 Å². The van der Waals surface area contributed by atoms with Crippen LogP contribution in [0.1, 0.15) is 27.9 Å². The molecule has 0 aliphatic heterocycles. The molecule has 1 N–H and O–H groups in total. The third-order valence-electron chi connectivity index (χ3n) is 3.59. The SMILES string of the molecule is O=C(O)c1cccc2c1CCCc1ccccc1-2. The normalized spacial score (nSPS) is 13.3. The van der Waals surface area contributed by atoms with Crippen LogP contribution < -0.4 is 0 Å². The Bertz CT molecular complexity index is 614. The van der Waals surface area contributed by atoms with E-state index in [4.69, 9.17) is 0 Å². The fraction of sp³-hybridized carbons (Fsp3) is 0.188. The highest BCUT2D eigenvalue weighted by atomic mass is 16.4. The molecule has 2 aromatic rings. The van der Waals surface area contributed by atoms with Crippen molar-refractivity contribution in [3.63, 3.8) is 0 Å². The summed E-state index contributed by atoms with van der Waals surface area (Å²) >= 11 is 0. The molecule has 0 unspecified atom stereocenters. The summed E-state index contributed by atoms with van der Waals surface area (Å²) in [5, 5.41) is 9.28. The van der Waals surface area contributed by atoms with Crippen LogP contribution in [0, 0.1) is 0 Å². The van der Waals surface area contributed by atoms with E-state index in [1.165, 1.54) is 11.1 Å². The molecular formula is C16H14O2. The molecule has 0 spiro atoms. The fourth-order valence-corrected chi connectivity index (χ4v) is 2.77. The van der Waals surface area contributed by atoms with Crippen LogP contribution in [0.15, 0.2) is 42.5 Å². The monoisotopic (exact) mass is 238 g/mol. The Labute approximate surface area is 106 Å². The summed E-state index contributed by atoms with van der Waals surface area (Å²) in [6.45, 7) is 0. The number of aromatic carboxylic acids is 1. The molecule has 0 bridgehead atoms. The van der Waals surface area contributed by atoms with Crippen molar-refractivity contribution >= 4 is 5.97 Å². The predicted molar refractivity (Wildman–Crippen MR) is 70.9 cm³/mol. The number of carbonyl (C=O) groups is 1. The molecule has 0 saturated carbocycles. The molecule has 3 rings (SSSR count). The Balaban J connectivity index is 2.28. The highest BCUT2D eigenvalue weighted by Gasteiger charge is 2.18. The van der Waals surface area contributed by atoms with Crippen LogP contribution >= 0.6 is 0 Å². The smallest absolute Gasteiger partial charge is 0.335 e. The third-order valence-corrected chi connectivity index (χ3v) is 3.59. The Morgan fingerprint density at radius 3 is 2.56 bits per heavy atom. The molecule has 0 aromatic heterocycles. The maximum absolute atomic E-state index is 11.3. The molecular weight excluding hydrogens is 224 g/mol. The predicted octanol–water partition coefficient (Wildman–Crippen LogP) is 3.54.